The van der Waals surface area contributed by atoms with Gasteiger partial charge in [-0.2, -0.15) is 5.48 Å². The molecule has 0 saturated carbocycles. The van der Waals surface area contributed by atoms with Crippen molar-refractivity contribution in [3.05, 3.63) is 29.8 Å². The predicted molar refractivity (Wildman–Crippen MR) is 64.5 cm³/mol. The second-order valence-electron chi connectivity index (χ2n) is 3.71. The normalized spacial score (nSPS) is 13.2. The molecule has 0 heterocycles. The molecular weight excluding hydrogens is 258 g/mol. The van der Waals surface area contributed by atoms with E-state index in [0.29, 0.717) is 5.56 Å². The van der Waals surface area contributed by atoms with Gasteiger partial charge in [0.2, 0.25) is 15.9 Å². The molecule has 0 fully saturated rings. The van der Waals surface area contributed by atoms with Crippen LogP contribution in [-0.2, 0) is 19.7 Å². The number of hydrogen-bond donors (Lipinski definition) is 3. The summed E-state index contributed by atoms with van der Waals surface area (Å²) in [4.78, 5) is 15.3. The molecule has 5 N–H and O–H groups in total. The van der Waals surface area contributed by atoms with E-state index in [4.69, 9.17) is 15.7 Å². The van der Waals surface area contributed by atoms with E-state index in [1.807, 2.05) is 0 Å². The Labute approximate surface area is 105 Å². The van der Waals surface area contributed by atoms with Crippen LogP contribution in [0.3, 0.4) is 0 Å². The Hall–Kier alpha value is -1.48. The standard InChI is InChI=1S/C10H15N3O4S/c1-7(13-17-6-10(11)14)8-3-2-4-9(5-8)18(12,15)16/h2-5,7,13H,6H2,1H3,(H2,11,14)(H2,12,15,16). The number of nitrogens with two attached hydrogens (primary N) is 2. The minimum Gasteiger partial charge on any atom is -0.368 e. The van der Waals surface area contributed by atoms with Crippen molar-refractivity contribution in [2.45, 2.75) is 17.9 Å². The molecule has 0 bridgehead atoms. The first-order valence-electron chi connectivity index (χ1n) is 5.09. The van der Waals surface area contributed by atoms with Crippen molar-refractivity contribution in [2.24, 2.45) is 10.9 Å². The molecule has 0 aliphatic rings. The largest absolute Gasteiger partial charge is 0.368 e. The highest BCUT2D eigenvalue weighted by molar-refractivity contribution is 7.89. The average molecular weight is 273 g/mol. The van der Waals surface area contributed by atoms with Gasteiger partial charge in [0.1, 0.15) is 6.61 Å². The van der Waals surface area contributed by atoms with Gasteiger partial charge in [-0.3, -0.25) is 9.63 Å². The van der Waals surface area contributed by atoms with Gasteiger partial charge < -0.3 is 5.73 Å². The first-order valence-corrected chi connectivity index (χ1v) is 6.63. The maximum Gasteiger partial charge on any atom is 0.245 e. The fourth-order valence-corrected chi connectivity index (χ4v) is 1.84. The SMILES string of the molecule is CC(NOCC(N)=O)c1cccc(S(N)(=O)=O)c1. The van der Waals surface area contributed by atoms with Gasteiger partial charge >= 0.3 is 0 Å². The molecule has 1 atom stereocenters. The topological polar surface area (TPSA) is 125 Å². The average Bonchev–Trinajstić information content (AvgIpc) is 2.27. The number of primary sulfonamides is 1. The number of primary amides is 1. The minimum atomic E-state index is -3.74. The number of rotatable bonds is 6. The van der Waals surface area contributed by atoms with Crippen molar-refractivity contribution < 1.29 is 18.0 Å². The Morgan fingerprint density at radius 1 is 1.50 bits per heavy atom. The Kier molecular flexibility index (Phi) is 4.79. The summed E-state index contributed by atoms with van der Waals surface area (Å²) in [6.45, 7) is 1.47. The highest BCUT2D eigenvalue weighted by Gasteiger charge is 2.11. The van der Waals surface area contributed by atoms with Crippen molar-refractivity contribution in [3.8, 4) is 0 Å². The number of amides is 1. The molecule has 18 heavy (non-hydrogen) atoms. The number of carbonyl (C=O) groups excluding carboxylic acids is 1. The van der Waals surface area contributed by atoms with Crippen LogP contribution in [0.4, 0.5) is 0 Å². The van der Waals surface area contributed by atoms with E-state index in [1.54, 1.807) is 19.1 Å². The Morgan fingerprint density at radius 2 is 2.17 bits per heavy atom. The van der Waals surface area contributed by atoms with Gasteiger partial charge in [0.25, 0.3) is 0 Å². The molecule has 0 radical (unpaired) electrons. The van der Waals surface area contributed by atoms with E-state index in [1.165, 1.54) is 12.1 Å². The lowest BCUT2D eigenvalue weighted by Gasteiger charge is -2.14. The summed E-state index contributed by atoms with van der Waals surface area (Å²) >= 11 is 0. The molecule has 0 saturated heterocycles. The molecule has 8 heteroatoms. The highest BCUT2D eigenvalue weighted by atomic mass is 32.2. The van der Waals surface area contributed by atoms with Gasteiger partial charge in [-0.15, -0.1) is 0 Å². The van der Waals surface area contributed by atoms with Gasteiger partial charge in [-0.05, 0) is 24.6 Å². The van der Waals surface area contributed by atoms with Crippen LogP contribution in [0, 0.1) is 0 Å². The molecule has 1 amide bonds. The fourth-order valence-electron chi connectivity index (χ4n) is 1.27. The second-order valence-corrected chi connectivity index (χ2v) is 5.27. The van der Waals surface area contributed by atoms with Crippen LogP contribution in [0.1, 0.15) is 18.5 Å². The summed E-state index contributed by atoms with van der Waals surface area (Å²) in [7, 11) is -3.74. The van der Waals surface area contributed by atoms with Crippen LogP contribution < -0.4 is 16.4 Å². The lowest BCUT2D eigenvalue weighted by atomic mass is 10.1. The van der Waals surface area contributed by atoms with Gasteiger partial charge in [-0.1, -0.05) is 12.1 Å². The number of benzene rings is 1. The molecular formula is C10H15N3O4S. The van der Waals surface area contributed by atoms with Crippen molar-refractivity contribution in [1.82, 2.24) is 5.48 Å². The van der Waals surface area contributed by atoms with Crippen LogP contribution in [0.15, 0.2) is 29.2 Å². The third-order valence-electron chi connectivity index (χ3n) is 2.16. The van der Waals surface area contributed by atoms with Crippen molar-refractivity contribution in [1.29, 1.82) is 0 Å². The zero-order valence-electron chi connectivity index (χ0n) is 9.79. The van der Waals surface area contributed by atoms with Crippen molar-refractivity contribution in [2.75, 3.05) is 6.61 Å². The first kappa shape index (κ1) is 14.6. The van der Waals surface area contributed by atoms with Gasteiger partial charge in [0, 0.05) is 0 Å². The number of sulfonamides is 1. The summed E-state index contributed by atoms with van der Waals surface area (Å²) in [5.74, 6) is -0.604. The van der Waals surface area contributed by atoms with E-state index in [-0.39, 0.29) is 17.5 Å². The summed E-state index contributed by atoms with van der Waals surface area (Å²) in [5.41, 5.74) is 8.13. The van der Waals surface area contributed by atoms with E-state index < -0.39 is 15.9 Å². The molecule has 1 rings (SSSR count). The molecule has 1 unspecified atom stereocenters. The summed E-state index contributed by atoms with van der Waals surface area (Å²) in [6.07, 6.45) is 0. The zero-order chi connectivity index (χ0) is 13.8. The Balaban J connectivity index is 2.74. The van der Waals surface area contributed by atoms with Crippen LogP contribution >= 0.6 is 0 Å². The van der Waals surface area contributed by atoms with Gasteiger partial charge in [-0.25, -0.2) is 13.6 Å². The van der Waals surface area contributed by atoms with Gasteiger partial charge in [0.15, 0.2) is 0 Å². The smallest absolute Gasteiger partial charge is 0.245 e. The maximum atomic E-state index is 11.2. The monoisotopic (exact) mass is 273 g/mol. The number of carbonyl (C=O) groups is 1. The Morgan fingerprint density at radius 3 is 2.72 bits per heavy atom. The van der Waals surface area contributed by atoms with Crippen LogP contribution in [0.25, 0.3) is 0 Å². The minimum absolute atomic E-state index is 0.0172. The number of nitrogens with one attached hydrogen (secondary N) is 1. The molecule has 0 spiro atoms. The van der Waals surface area contributed by atoms with Crippen LogP contribution in [0.5, 0.6) is 0 Å². The quantitative estimate of drug-likeness (QED) is 0.597. The molecule has 1 aromatic rings. The highest BCUT2D eigenvalue weighted by Crippen LogP contribution is 2.16. The van der Waals surface area contributed by atoms with Gasteiger partial charge in [0.05, 0.1) is 10.9 Å². The summed E-state index contributed by atoms with van der Waals surface area (Å²) in [5, 5.41) is 5.03. The lowest BCUT2D eigenvalue weighted by molar-refractivity contribution is -0.126. The third kappa shape index (κ3) is 4.41. The van der Waals surface area contributed by atoms with E-state index in [9.17, 15) is 13.2 Å². The summed E-state index contributed by atoms with van der Waals surface area (Å²) in [6, 6.07) is 5.80. The molecule has 0 aliphatic heterocycles. The molecule has 100 valence electrons. The van der Waals surface area contributed by atoms with E-state index >= 15 is 0 Å². The Bertz CT molecular complexity index is 530. The number of hydroxylamine groups is 1. The maximum absolute atomic E-state index is 11.2. The molecule has 0 aliphatic carbocycles. The number of hydrogen-bond acceptors (Lipinski definition) is 5. The van der Waals surface area contributed by atoms with Crippen LogP contribution in [-0.4, -0.2) is 20.9 Å². The van der Waals surface area contributed by atoms with Crippen LogP contribution in [0.2, 0.25) is 0 Å². The fraction of sp³-hybridized carbons (Fsp3) is 0.300. The van der Waals surface area contributed by atoms with E-state index in [2.05, 4.69) is 5.48 Å². The predicted octanol–water partition coefficient (Wildman–Crippen LogP) is -0.598. The van der Waals surface area contributed by atoms with Crippen molar-refractivity contribution in [3.63, 3.8) is 0 Å². The molecule has 7 nitrogen and oxygen atoms in total. The second kappa shape index (κ2) is 5.91. The van der Waals surface area contributed by atoms with E-state index in [0.717, 1.165) is 0 Å². The molecule has 0 aromatic heterocycles. The summed E-state index contributed by atoms with van der Waals surface area (Å²) < 4.78 is 22.4. The van der Waals surface area contributed by atoms with Crippen molar-refractivity contribution >= 4 is 15.9 Å². The third-order valence-corrected chi connectivity index (χ3v) is 3.07. The first-order chi connectivity index (χ1) is 8.30. The zero-order valence-corrected chi connectivity index (χ0v) is 10.6. The molecule has 1 aromatic carbocycles. The lowest BCUT2D eigenvalue weighted by Crippen LogP contribution is -2.26.